The monoisotopic (exact) mass is 306 g/mol. The molecule has 0 bridgehead atoms. The maximum absolute atomic E-state index is 5.83. The van der Waals surface area contributed by atoms with Gasteiger partial charge in [0.05, 0.1) is 11.5 Å². The van der Waals surface area contributed by atoms with Crippen LogP contribution in [0.5, 0.6) is 0 Å². The molecule has 114 valence electrons. The van der Waals surface area contributed by atoms with E-state index in [2.05, 4.69) is 42.1 Å². The lowest BCUT2D eigenvalue weighted by atomic mass is 9.64. The van der Waals surface area contributed by atoms with Crippen molar-refractivity contribution in [2.45, 2.75) is 46.3 Å². The summed E-state index contributed by atoms with van der Waals surface area (Å²) in [4.78, 5) is 10.9. The fourth-order valence-electron chi connectivity index (χ4n) is 2.95. The van der Waals surface area contributed by atoms with Gasteiger partial charge in [0.25, 0.3) is 0 Å². The molecule has 21 heavy (non-hydrogen) atoms. The first-order valence-electron chi connectivity index (χ1n) is 7.33. The van der Waals surface area contributed by atoms with Crippen LogP contribution in [0.3, 0.4) is 0 Å². The topological polar surface area (TPSA) is 73.1 Å². The molecule has 2 aromatic rings. The molecular weight excluding hydrogens is 284 g/mol. The third-order valence-electron chi connectivity index (χ3n) is 4.39. The molecule has 1 saturated carbocycles. The molecule has 2 heterocycles. The summed E-state index contributed by atoms with van der Waals surface area (Å²) in [5.74, 6) is 1.17. The molecule has 0 aromatic carbocycles. The minimum atomic E-state index is 0.0904. The minimum absolute atomic E-state index is 0.0904. The van der Waals surface area contributed by atoms with Gasteiger partial charge in [0, 0.05) is 22.9 Å². The number of hydrogen-bond donors (Lipinski definition) is 2. The normalized spacial score (nSPS) is 24.0. The molecule has 2 unspecified atom stereocenters. The van der Waals surface area contributed by atoms with Crippen LogP contribution in [0.1, 0.15) is 32.1 Å². The lowest BCUT2D eigenvalue weighted by Gasteiger charge is -2.51. The number of nitrogen functional groups attached to an aromatic ring is 1. The van der Waals surface area contributed by atoms with Crippen LogP contribution in [0.4, 0.5) is 11.8 Å². The number of aryl methyl sites for hydroxylation is 1. The minimum Gasteiger partial charge on any atom is -0.378 e. The highest BCUT2D eigenvalue weighted by molar-refractivity contribution is 7.18. The molecule has 6 heteroatoms. The Morgan fingerprint density at radius 2 is 2.24 bits per heavy atom. The van der Waals surface area contributed by atoms with Crippen LogP contribution in [0.2, 0.25) is 0 Å². The van der Waals surface area contributed by atoms with Crippen molar-refractivity contribution in [3.8, 4) is 0 Å². The highest BCUT2D eigenvalue weighted by atomic mass is 32.1. The van der Waals surface area contributed by atoms with E-state index in [0.29, 0.717) is 18.1 Å². The first-order chi connectivity index (χ1) is 9.91. The Morgan fingerprint density at radius 1 is 1.48 bits per heavy atom. The summed E-state index contributed by atoms with van der Waals surface area (Å²) in [6.45, 7) is 9.34. The molecule has 3 rings (SSSR count). The van der Waals surface area contributed by atoms with Crippen LogP contribution in [0.25, 0.3) is 10.2 Å². The molecule has 3 N–H and O–H groups in total. The number of nitrogens with one attached hydrogen (secondary N) is 1. The van der Waals surface area contributed by atoms with E-state index in [0.717, 1.165) is 29.1 Å². The summed E-state index contributed by atoms with van der Waals surface area (Å²) in [7, 11) is 0. The molecule has 2 aromatic heterocycles. The Kier molecular flexibility index (Phi) is 3.53. The molecule has 5 nitrogen and oxygen atoms in total. The van der Waals surface area contributed by atoms with E-state index < -0.39 is 0 Å². The van der Waals surface area contributed by atoms with Gasteiger partial charge in [-0.25, -0.2) is 4.98 Å². The van der Waals surface area contributed by atoms with Crippen molar-refractivity contribution in [3.05, 3.63) is 10.9 Å². The van der Waals surface area contributed by atoms with Crippen molar-refractivity contribution >= 4 is 33.3 Å². The largest absolute Gasteiger partial charge is 0.378 e. The zero-order valence-electron chi connectivity index (χ0n) is 12.9. The molecule has 0 saturated heterocycles. The number of nitrogens with two attached hydrogens (primary N) is 1. The Morgan fingerprint density at radius 3 is 2.90 bits per heavy atom. The number of nitrogens with zero attached hydrogens (tertiary/aromatic N) is 2. The number of ether oxygens (including phenoxy) is 1. The van der Waals surface area contributed by atoms with Crippen LogP contribution in [0.15, 0.2) is 6.07 Å². The average Bonchev–Trinajstić information content (AvgIpc) is 2.77. The first-order valence-corrected chi connectivity index (χ1v) is 8.15. The second-order valence-corrected chi connectivity index (χ2v) is 7.44. The maximum Gasteiger partial charge on any atom is 0.223 e. The van der Waals surface area contributed by atoms with Gasteiger partial charge in [-0.1, -0.05) is 13.8 Å². The van der Waals surface area contributed by atoms with E-state index in [9.17, 15) is 0 Å². The summed E-state index contributed by atoms with van der Waals surface area (Å²) in [6.07, 6.45) is 1.30. The van der Waals surface area contributed by atoms with Crippen molar-refractivity contribution in [1.29, 1.82) is 0 Å². The van der Waals surface area contributed by atoms with Crippen molar-refractivity contribution < 1.29 is 4.74 Å². The Bertz CT molecular complexity index is 667. The van der Waals surface area contributed by atoms with Gasteiger partial charge in [-0.3, -0.25) is 0 Å². The van der Waals surface area contributed by atoms with Crippen molar-refractivity contribution in [2.24, 2.45) is 5.41 Å². The molecule has 1 aliphatic rings. The number of thiophene rings is 1. The summed E-state index contributed by atoms with van der Waals surface area (Å²) in [6, 6.07) is 2.46. The van der Waals surface area contributed by atoms with E-state index in [1.54, 1.807) is 11.3 Å². The van der Waals surface area contributed by atoms with Crippen LogP contribution in [-0.4, -0.2) is 28.7 Å². The van der Waals surface area contributed by atoms with Crippen LogP contribution >= 0.6 is 11.3 Å². The molecule has 0 radical (unpaired) electrons. The van der Waals surface area contributed by atoms with Crippen molar-refractivity contribution in [1.82, 2.24) is 9.97 Å². The smallest absolute Gasteiger partial charge is 0.223 e. The summed E-state index contributed by atoms with van der Waals surface area (Å²) >= 11 is 1.65. The van der Waals surface area contributed by atoms with Crippen LogP contribution < -0.4 is 11.1 Å². The highest BCUT2D eigenvalue weighted by Gasteiger charge is 2.49. The molecule has 1 aliphatic carbocycles. The van der Waals surface area contributed by atoms with E-state index >= 15 is 0 Å². The molecule has 0 amide bonds. The van der Waals surface area contributed by atoms with E-state index in [1.165, 1.54) is 4.88 Å². The molecule has 2 atom stereocenters. The van der Waals surface area contributed by atoms with Gasteiger partial charge in [0.15, 0.2) is 0 Å². The zero-order chi connectivity index (χ0) is 15.2. The van der Waals surface area contributed by atoms with E-state index in [-0.39, 0.29) is 5.41 Å². The van der Waals surface area contributed by atoms with Gasteiger partial charge in [0.2, 0.25) is 5.95 Å². The van der Waals surface area contributed by atoms with Gasteiger partial charge in [0.1, 0.15) is 10.6 Å². The lowest BCUT2D eigenvalue weighted by Crippen LogP contribution is -2.58. The third-order valence-corrected chi connectivity index (χ3v) is 5.33. The number of rotatable bonds is 4. The lowest BCUT2D eigenvalue weighted by molar-refractivity contribution is -0.0976. The van der Waals surface area contributed by atoms with E-state index in [1.807, 2.05) is 6.92 Å². The molecule has 0 spiro atoms. The van der Waals surface area contributed by atoms with Gasteiger partial charge in [-0.2, -0.15) is 4.98 Å². The highest BCUT2D eigenvalue weighted by Crippen LogP contribution is 2.45. The summed E-state index contributed by atoms with van der Waals surface area (Å²) < 4.78 is 5.78. The first kappa shape index (κ1) is 14.5. The standard InChI is InChI=1S/C15H22N4OS/c1-5-20-11-7-10(15(11,3)4)17-12-9-6-8(2)21-13(9)19-14(16)18-12/h6,10-11H,5,7H2,1-4H3,(H3,16,17,18,19). The molecular formula is C15H22N4OS. The van der Waals surface area contributed by atoms with E-state index in [4.69, 9.17) is 10.5 Å². The van der Waals surface area contributed by atoms with Crippen molar-refractivity contribution in [2.75, 3.05) is 17.7 Å². The zero-order valence-corrected chi connectivity index (χ0v) is 13.8. The Labute approximate surface area is 128 Å². The number of aromatic nitrogens is 2. The van der Waals surface area contributed by atoms with Crippen molar-refractivity contribution in [3.63, 3.8) is 0 Å². The second kappa shape index (κ2) is 5.10. The molecule has 1 fully saturated rings. The van der Waals surface area contributed by atoms with Gasteiger partial charge >= 0.3 is 0 Å². The summed E-state index contributed by atoms with van der Waals surface area (Å²) in [5, 5.41) is 4.61. The van der Waals surface area contributed by atoms with Crippen LogP contribution in [0, 0.1) is 12.3 Å². The van der Waals surface area contributed by atoms with Crippen LogP contribution in [-0.2, 0) is 4.74 Å². The quantitative estimate of drug-likeness (QED) is 0.907. The molecule has 0 aliphatic heterocycles. The predicted octanol–water partition coefficient (Wildman–Crippen LogP) is 3.20. The maximum atomic E-state index is 5.83. The van der Waals surface area contributed by atoms with Gasteiger partial charge in [-0.05, 0) is 26.3 Å². The fourth-order valence-corrected chi connectivity index (χ4v) is 3.83. The number of fused-ring (bicyclic) bond motifs is 1. The second-order valence-electron chi connectivity index (χ2n) is 6.20. The third kappa shape index (κ3) is 2.46. The number of anilines is 2. The number of hydrogen-bond acceptors (Lipinski definition) is 6. The average molecular weight is 306 g/mol. The Balaban J connectivity index is 1.86. The predicted molar refractivity (Wildman–Crippen MR) is 87.8 cm³/mol. The summed E-state index contributed by atoms with van der Waals surface area (Å²) in [5.41, 5.74) is 5.92. The SMILES string of the molecule is CCOC1CC(Nc2nc(N)nc3sc(C)cc23)C1(C)C. The Hall–Kier alpha value is -1.40. The van der Waals surface area contributed by atoms with Gasteiger partial charge < -0.3 is 15.8 Å². The fraction of sp³-hybridized carbons (Fsp3) is 0.600. The van der Waals surface area contributed by atoms with Gasteiger partial charge in [-0.15, -0.1) is 11.3 Å².